The van der Waals surface area contributed by atoms with Crippen molar-refractivity contribution in [1.29, 1.82) is 5.26 Å². The van der Waals surface area contributed by atoms with Crippen LogP contribution in [0.25, 0.3) is 0 Å². The van der Waals surface area contributed by atoms with E-state index in [9.17, 15) is 0 Å². The summed E-state index contributed by atoms with van der Waals surface area (Å²) >= 11 is 0. The molecule has 0 aliphatic carbocycles. The first-order chi connectivity index (χ1) is 4.79. The van der Waals surface area contributed by atoms with Gasteiger partial charge in [-0.15, -0.1) is 0 Å². The van der Waals surface area contributed by atoms with Crippen LogP contribution >= 0.6 is 0 Å². The van der Waals surface area contributed by atoms with Gasteiger partial charge in [0.05, 0.1) is 0 Å². The van der Waals surface area contributed by atoms with Gasteiger partial charge in [0.1, 0.15) is 6.17 Å². The molecule has 52 valence electrons. The molecule has 1 aliphatic rings. The first-order valence-electron chi connectivity index (χ1n) is 3.06. The Morgan fingerprint density at radius 3 is 2.70 bits per heavy atom. The van der Waals surface area contributed by atoms with Crippen molar-refractivity contribution >= 4 is 0 Å². The van der Waals surface area contributed by atoms with E-state index in [1.807, 2.05) is 24.2 Å². The Kier molecular flexibility index (Phi) is 1.63. The smallest absolute Gasteiger partial charge is 0.185 e. The minimum absolute atomic E-state index is 0.0856. The van der Waals surface area contributed by atoms with Crippen LogP contribution in [-0.2, 0) is 0 Å². The molecule has 0 radical (unpaired) electrons. The lowest BCUT2D eigenvalue weighted by molar-refractivity contribution is 0.278. The number of nitriles is 1. The van der Waals surface area contributed by atoms with Gasteiger partial charge >= 0.3 is 0 Å². The van der Waals surface area contributed by atoms with Gasteiger partial charge in [-0.05, 0) is 13.1 Å². The van der Waals surface area contributed by atoms with Crippen LogP contribution in [0.2, 0.25) is 0 Å². The van der Waals surface area contributed by atoms with E-state index in [1.165, 1.54) is 0 Å². The van der Waals surface area contributed by atoms with Crippen molar-refractivity contribution in [2.45, 2.75) is 13.1 Å². The highest BCUT2D eigenvalue weighted by molar-refractivity contribution is 5.03. The second-order valence-electron chi connectivity index (χ2n) is 2.07. The van der Waals surface area contributed by atoms with Crippen molar-refractivity contribution in [1.82, 2.24) is 9.80 Å². The number of hydrogen-bond donors (Lipinski definition) is 0. The van der Waals surface area contributed by atoms with Crippen LogP contribution in [0.5, 0.6) is 0 Å². The van der Waals surface area contributed by atoms with Gasteiger partial charge in [-0.1, -0.05) is 6.58 Å². The van der Waals surface area contributed by atoms with E-state index in [0.717, 1.165) is 0 Å². The van der Waals surface area contributed by atoms with E-state index < -0.39 is 0 Å². The van der Waals surface area contributed by atoms with Crippen molar-refractivity contribution in [2.75, 3.05) is 0 Å². The summed E-state index contributed by atoms with van der Waals surface area (Å²) in [5.74, 6) is 0. The lowest BCUT2D eigenvalue weighted by atomic mass is 10.5. The summed E-state index contributed by atoms with van der Waals surface area (Å²) in [5, 5.41) is 8.51. The maximum Gasteiger partial charge on any atom is 0.185 e. The fraction of sp³-hybridized carbons (Fsp3) is 0.286. The third-order valence-electron chi connectivity index (χ3n) is 1.56. The van der Waals surface area contributed by atoms with Crippen LogP contribution in [0.1, 0.15) is 6.92 Å². The molecule has 3 heteroatoms. The maximum absolute atomic E-state index is 8.51. The van der Waals surface area contributed by atoms with Crippen molar-refractivity contribution in [2.24, 2.45) is 0 Å². The second kappa shape index (κ2) is 2.44. The highest BCUT2D eigenvalue weighted by Gasteiger charge is 2.18. The van der Waals surface area contributed by atoms with Crippen molar-refractivity contribution in [3.05, 3.63) is 25.2 Å². The summed E-state index contributed by atoms with van der Waals surface area (Å²) in [6.45, 7) is 5.54. The van der Waals surface area contributed by atoms with Gasteiger partial charge in [-0.3, -0.25) is 4.90 Å². The van der Waals surface area contributed by atoms with Gasteiger partial charge in [-0.25, -0.2) is 0 Å². The molecule has 0 fully saturated rings. The van der Waals surface area contributed by atoms with Crippen LogP contribution in [0.4, 0.5) is 0 Å². The average Bonchev–Trinajstić information content (AvgIpc) is 2.30. The highest BCUT2D eigenvalue weighted by atomic mass is 15.4. The minimum atomic E-state index is 0.0856. The SMILES string of the molecule is C=CN1C=CN(C#N)C1C. The number of rotatable bonds is 1. The molecule has 1 heterocycles. The molecule has 0 aromatic rings. The Balaban J connectivity index is 2.69. The monoisotopic (exact) mass is 135 g/mol. The van der Waals surface area contributed by atoms with Crippen molar-refractivity contribution < 1.29 is 0 Å². The molecule has 0 aromatic carbocycles. The summed E-state index contributed by atoms with van der Waals surface area (Å²) < 4.78 is 0. The average molecular weight is 135 g/mol. The van der Waals surface area contributed by atoms with Gasteiger partial charge in [0.15, 0.2) is 6.19 Å². The van der Waals surface area contributed by atoms with Crippen LogP contribution in [0.15, 0.2) is 25.2 Å². The zero-order chi connectivity index (χ0) is 7.56. The first kappa shape index (κ1) is 6.69. The van der Waals surface area contributed by atoms with E-state index in [0.29, 0.717) is 0 Å². The number of hydrogen-bond acceptors (Lipinski definition) is 3. The van der Waals surface area contributed by atoms with E-state index in [2.05, 4.69) is 6.58 Å². The normalized spacial score (nSPS) is 23.0. The van der Waals surface area contributed by atoms with Gasteiger partial charge in [0.2, 0.25) is 0 Å². The molecule has 0 saturated carbocycles. The Labute approximate surface area is 60.5 Å². The molecule has 0 aromatic heterocycles. The summed E-state index contributed by atoms with van der Waals surface area (Å²) in [6.07, 6.45) is 7.36. The summed E-state index contributed by atoms with van der Waals surface area (Å²) in [6, 6.07) is 0. The lowest BCUT2D eigenvalue weighted by Gasteiger charge is -2.20. The van der Waals surface area contributed by atoms with E-state index >= 15 is 0 Å². The third-order valence-corrected chi connectivity index (χ3v) is 1.56. The zero-order valence-electron chi connectivity index (χ0n) is 5.86. The minimum Gasteiger partial charge on any atom is -0.332 e. The molecular weight excluding hydrogens is 126 g/mol. The predicted molar refractivity (Wildman–Crippen MR) is 38.1 cm³/mol. The van der Waals surface area contributed by atoms with Crippen molar-refractivity contribution in [3.8, 4) is 6.19 Å². The fourth-order valence-corrected chi connectivity index (χ4v) is 0.872. The Bertz CT molecular complexity index is 201. The van der Waals surface area contributed by atoms with Crippen molar-refractivity contribution in [3.63, 3.8) is 0 Å². The highest BCUT2D eigenvalue weighted by Crippen LogP contribution is 2.13. The number of nitrogens with zero attached hydrogens (tertiary/aromatic N) is 3. The Morgan fingerprint density at radius 2 is 2.40 bits per heavy atom. The quantitative estimate of drug-likeness (QED) is 0.503. The molecule has 1 unspecified atom stereocenters. The van der Waals surface area contributed by atoms with E-state index in [4.69, 9.17) is 5.26 Å². The molecule has 0 amide bonds. The van der Waals surface area contributed by atoms with Crippen LogP contribution < -0.4 is 0 Å². The standard InChI is InChI=1S/C7H9N3/c1-3-9-4-5-10(6-8)7(9)2/h3-5,7H,1H2,2H3. The molecule has 0 spiro atoms. The van der Waals surface area contributed by atoms with Crippen LogP contribution in [0.3, 0.4) is 0 Å². The summed E-state index contributed by atoms with van der Waals surface area (Å²) in [4.78, 5) is 3.42. The van der Waals surface area contributed by atoms with Gasteiger partial charge in [-0.2, -0.15) is 5.26 Å². The molecule has 1 atom stereocenters. The second-order valence-corrected chi connectivity index (χ2v) is 2.07. The topological polar surface area (TPSA) is 30.3 Å². The van der Waals surface area contributed by atoms with Gasteiger partial charge in [0, 0.05) is 12.4 Å². The predicted octanol–water partition coefficient (Wildman–Crippen LogP) is 1.05. The Morgan fingerprint density at radius 1 is 1.70 bits per heavy atom. The molecule has 0 N–H and O–H groups in total. The van der Waals surface area contributed by atoms with E-state index in [1.54, 1.807) is 17.3 Å². The molecule has 1 aliphatic heterocycles. The molecule has 0 saturated heterocycles. The molecule has 1 rings (SSSR count). The lowest BCUT2D eigenvalue weighted by Crippen LogP contribution is -2.29. The first-order valence-corrected chi connectivity index (χ1v) is 3.06. The fourth-order valence-electron chi connectivity index (χ4n) is 0.872. The van der Waals surface area contributed by atoms with Crippen LogP contribution in [-0.4, -0.2) is 16.0 Å². The summed E-state index contributed by atoms with van der Waals surface area (Å²) in [7, 11) is 0. The third kappa shape index (κ3) is 0.841. The molecule has 0 bridgehead atoms. The molecule has 3 nitrogen and oxygen atoms in total. The maximum atomic E-state index is 8.51. The zero-order valence-corrected chi connectivity index (χ0v) is 5.86. The molecule has 10 heavy (non-hydrogen) atoms. The van der Waals surface area contributed by atoms with Gasteiger partial charge < -0.3 is 4.90 Å². The molecular formula is C7H9N3. The van der Waals surface area contributed by atoms with Gasteiger partial charge in [0.25, 0.3) is 0 Å². The van der Waals surface area contributed by atoms with E-state index in [-0.39, 0.29) is 6.17 Å². The summed E-state index contributed by atoms with van der Waals surface area (Å²) in [5.41, 5.74) is 0. The van der Waals surface area contributed by atoms with Crippen LogP contribution in [0, 0.1) is 11.5 Å². The Hall–Kier alpha value is -1.43. The largest absolute Gasteiger partial charge is 0.332 e.